The molecule has 0 aliphatic heterocycles. The van der Waals surface area contributed by atoms with Gasteiger partial charge < -0.3 is 4.74 Å². The smallest absolute Gasteiger partial charge is 0.355 e. The maximum atomic E-state index is 13.2. The third-order valence-electron chi connectivity index (χ3n) is 4.02. The summed E-state index contributed by atoms with van der Waals surface area (Å²) < 4.78 is 55.6. The Hall–Kier alpha value is -2.69. The van der Waals surface area contributed by atoms with Crippen LogP contribution in [-0.4, -0.2) is 33.9 Å². The van der Waals surface area contributed by atoms with Crippen LogP contribution in [0.5, 0.6) is 0 Å². The van der Waals surface area contributed by atoms with Crippen molar-refractivity contribution in [2.24, 2.45) is 5.14 Å². The molecule has 10 heteroatoms. The van der Waals surface area contributed by atoms with Crippen molar-refractivity contribution in [2.45, 2.75) is 16.7 Å². The number of rotatable bonds is 4. The maximum Gasteiger partial charge on any atom is 0.355 e. The quantitative estimate of drug-likeness (QED) is 0.654. The van der Waals surface area contributed by atoms with Gasteiger partial charge in [-0.05, 0) is 37.3 Å². The van der Waals surface area contributed by atoms with Gasteiger partial charge in [-0.3, -0.25) is 0 Å². The highest BCUT2D eigenvalue weighted by Crippen LogP contribution is 2.30. The number of primary sulfonamides is 1. The summed E-state index contributed by atoms with van der Waals surface area (Å²) in [5.41, 5.74) is 0.530. The molecule has 2 N–H and O–H groups in total. The Morgan fingerprint density at radius 3 is 2.22 bits per heavy atom. The highest BCUT2D eigenvalue weighted by atomic mass is 32.2. The lowest BCUT2D eigenvalue weighted by atomic mass is 10.2. The average Bonchev–Trinajstić information content (AvgIpc) is 3.00. The molecule has 2 aromatic carbocycles. The Kier molecular flexibility index (Phi) is 4.58. The van der Waals surface area contributed by atoms with Gasteiger partial charge in [0.15, 0.2) is 0 Å². The number of hydrogen-bond donors (Lipinski definition) is 1. The Balaban J connectivity index is 2.44. The first-order valence-corrected chi connectivity index (χ1v) is 10.6. The Morgan fingerprint density at radius 1 is 1.04 bits per heavy atom. The molecule has 0 spiro atoms. The van der Waals surface area contributed by atoms with Crippen molar-refractivity contribution in [3.8, 4) is 0 Å². The van der Waals surface area contributed by atoms with E-state index in [0.29, 0.717) is 0 Å². The fourth-order valence-corrected chi connectivity index (χ4v) is 4.98. The molecule has 0 radical (unpaired) electrons. The fourth-order valence-electron chi connectivity index (χ4n) is 2.75. The second-order valence-corrected chi connectivity index (χ2v) is 9.15. The number of aromatic nitrogens is 1. The number of nitrogens with two attached hydrogens (primary N) is 1. The van der Waals surface area contributed by atoms with Crippen molar-refractivity contribution in [2.75, 3.05) is 7.11 Å². The van der Waals surface area contributed by atoms with E-state index in [-0.39, 0.29) is 26.4 Å². The highest BCUT2D eigenvalue weighted by Gasteiger charge is 2.29. The minimum Gasteiger partial charge on any atom is -0.464 e. The van der Waals surface area contributed by atoms with Crippen LogP contribution in [0.1, 0.15) is 16.1 Å². The molecule has 0 fully saturated rings. The molecular formula is C17H16N2O6S2. The number of benzene rings is 2. The Bertz CT molecular complexity index is 1260. The lowest BCUT2D eigenvalue weighted by molar-refractivity contribution is 0.0593. The molecule has 1 aromatic heterocycles. The van der Waals surface area contributed by atoms with E-state index in [1.807, 2.05) is 0 Å². The number of carbonyl (C=O) groups excluding carboxylic acids is 1. The molecular weight excluding hydrogens is 392 g/mol. The average molecular weight is 408 g/mol. The van der Waals surface area contributed by atoms with E-state index >= 15 is 0 Å². The molecule has 0 aliphatic carbocycles. The molecule has 0 amide bonds. The molecule has 27 heavy (non-hydrogen) atoms. The van der Waals surface area contributed by atoms with E-state index in [9.17, 15) is 21.6 Å². The van der Waals surface area contributed by atoms with E-state index in [1.54, 1.807) is 19.1 Å². The number of hydrogen-bond acceptors (Lipinski definition) is 6. The van der Waals surface area contributed by atoms with Gasteiger partial charge in [0.1, 0.15) is 5.69 Å². The molecule has 142 valence electrons. The van der Waals surface area contributed by atoms with Crippen molar-refractivity contribution in [1.82, 2.24) is 3.97 Å². The van der Waals surface area contributed by atoms with Crippen LogP contribution in [0.15, 0.2) is 58.3 Å². The predicted octanol–water partition coefficient (Wildman–Crippen LogP) is 1.62. The summed E-state index contributed by atoms with van der Waals surface area (Å²) in [6.07, 6.45) is 0. The first-order valence-electron chi connectivity index (χ1n) is 7.65. The summed E-state index contributed by atoms with van der Waals surface area (Å²) in [6.45, 7) is 1.81. The molecule has 0 unspecified atom stereocenters. The minimum absolute atomic E-state index is 0.00231. The van der Waals surface area contributed by atoms with Crippen LogP contribution in [0.4, 0.5) is 0 Å². The van der Waals surface area contributed by atoms with E-state index in [4.69, 9.17) is 5.14 Å². The number of esters is 1. The molecule has 0 aliphatic rings. The van der Waals surface area contributed by atoms with Crippen LogP contribution in [0.2, 0.25) is 0 Å². The monoisotopic (exact) mass is 408 g/mol. The van der Waals surface area contributed by atoms with Crippen LogP contribution in [0.25, 0.3) is 10.9 Å². The maximum absolute atomic E-state index is 13.2. The zero-order valence-electron chi connectivity index (χ0n) is 14.4. The summed E-state index contributed by atoms with van der Waals surface area (Å²) >= 11 is 0. The zero-order valence-corrected chi connectivity index (χ0v) is 16.0. The molecule has 0 atom stereocenters. The van der Waals surface area contributed by atoms with Crippen molar-refractivity contribution >= 4 is 36.9 Å². The van der Waals surface area contributed by atoms with Crippen molar-refractivity contribution in [1.29, 1.82) is 0 Å². The topological polar surface area (TPSA) is 126 Å². The normalized spacial score (nSPS) is 12.3. The summed E-state index contributed by atoms with van der Waals surface area (Å²) in [5.74, 6) is -0.928. The van der Waals surface area contributed by atoms with Gasteiger partial charge in [0, 0.05) is 5.39 Å². The van der Waals surface area contributed by atoms with E-state index in [2.05, 4.69) is 4.74 Å². The SMILES string of the molecule is COC(=O)c1cc2c(S(N)(=O)=O)cccc2n1S(=O)(=O)c1ccc(C)cc1. The second-order valence-electron chi connectivity index (χ2n) is 5.84. The molecule has 1 heterocycles. The predicted molar refractivity (Wildman–Crippen MR) is 98.4 cm³/mol. The van der Waals surface area contributed by atoms with Gasteiger partial charge >= 0.3 is 5.97 Å². The van der Waals surface area contributed by atoms with Crippen LogP contribution in [0, 0.1) is 6.92 Å². The first kappa shape index (κ1) is 19.1. The van der Waals surface area contributed by atoms with E-state index < -0.39 is 26.0 Å². The van der Waals surface area contributed by atoms with Gasteiger partial charge in [0.05, 0.1) is 22.4 Å². The molecule has 0 bridgehead atoms. The second kappa shape index (κ2) is 6.48. The number of ether oxygens (including phenoxy) is 1. The third kappa shape index (κ3) is 3.22. The molecule has 8 nitrogen and oxygen atoms in total. The number of methoxy groups -OCH3 is 1. The van der Waals surface area contributed by atoms with Gasteiger partial charge in [0.2, 0.25) is 10.0 Å². The fraction of sp³-hybridized carbons (Fsp3) is 0.118. The van der Waals surface area contributed by atoms with Crippen molar-refractivity contribution in [3.63, 3.8) is 0 Å². The molecule has 3 aromatic rings. The van der Waals surface area contributed by atoms with E-state index in [1.165, 1.54) is 30.3 Å². The summed E-state index contributed by atoms with van der Waals surface area (Å²) in [7, 11) is -7.25. The zero-order chi connectivity index (χ0) is 20.0. The van der Waals surface area contributed by atoms with Gasteiger partial charge in [-0.25, -0.2) is 30.7 Å². The summed E-state index contributed by atoms with van der Waals surface area (Å²) in [5, 5.41) is 5.24. The van der Waals surface area contributed by atoms with Crippen LogP contribution >= 0.6 is 0 Å². The van der Waals surface area contributed by atoms with Gasteiger partial charge in [-0.2, -0.15) is 0 Å². The van der Waals surface area contributed by atoms with Gasteiger partial charge in [-0.1, -0.05) is 23.8 Å². The lowest BCUT2D eigenvalue weighted by Gasteiger charge is -2.11. The number of nitrogens with zero attached hydrogens (tertiary/aromatic N) is 1. The number of carbonyl (C=O) groups is 1. The minimum atomic E-state index is -4.21. The summed E-state index contributed by atoms with van der Waals surface area (Å²) in [4.78, 5) is 11.9. The highest BCUT2D eigenvalue weighted by molar-refractivity contribution is 7.90. The first-order chi connectivity index (χ1) is 12.6. The number of aryl methyl sites for hydroxylation is 1. The van der Waals surface area contributed by atoms with Gasteiger partial charge in [-0.15, -0.1) is 0 Å². The van der Waals surface area contributed by atoms with Crippen LogP contribution in [0.3, 0.4) is 0 Å². The molecule has 0 saturated heterocycles. The van der Waals surface area contributed by atoms with Crippen molar-refractivity contribution in [3.05, 3.63) is 59.8 Å². The van der Waals surface area contributed by atoms with Crippen molar-refractivity contribution < 1.29 is 26.4 Å². The number of fused-ring (bicyclic) bond motifs is 1. The molecule has 3 rings (SSSR count). The largest absolute Gasteiger partial charge is 0.464 e. The number of sulfonamides is 1. The third-order valence-corrected chi connectivity index (χ3v) is 6.73. The van der Waals surface area contributed by atoms with Crippen LogP contribution in [-0.2, 0) is 24.8 Å². The Labute approximate surface area is 156 Å². The van der Waals surface area contributed by atoms with Crippen LogP contribution < -0.4 is 5.14 Å². The lowest BCUT2D eigenvalue weighted by Crippen LogP contribution is -2.19. The summed E-state index contributed by atoms with van der Waals surface area (Å²) in [6, 6.07) is 11.2. The van der Waals surface area contributed by atoms with E-state index in [0.717, 1.165) is 22.7 Å². The molecule has 0 saturated carbocycles. The van der Waals surface area contributed by atoms with Gasteiger partial charge in [0.25, 0.3) is 10.0 Å². The standard InChI is InChI=1S/C17H16N2O6S2/c1-11-6-8-12(9-7-11)27(23,24)19-14-4-3-5-16(26(18,21)22)13(14)10-15(19)17(20)25-2/h3-10H,1-2H3,(H2,18,21,22). The Morgan fingerprint density at radius 2 is 1.67 bits per heavy atom.